The van der Waals surface area contributed by atoms with Crippen LogP contribution in [0.25, 0.3) is 0 Å². The predicted octanol–water partition coefficient (Wildman–Crippen LogP) is 0.362. The lowest BCUT2D eigenvalue weighted by Gasteiger charge is -2.12. The molecule has 4 nitrogen and oxygen atoms in total. The maximum atomic E-state index is 11.0. The number of hydrogen-bond donors (Lipinski definition) is 0. The van der Waals surface area contributed by atoms with Gasteiger partial charge in [0, 0.05) is 0 Å². The quantitative estimate of drug-likeness (QED) is 0.504. The Bertz CT molecular complexity index is 303. The van der Waals surface area contributed by atoms with E-state index < -0.39 is 0 Å². The summed E-state index contributed by atoms with van der Waals surface area (Å²) in [6.07, 6.45) is 0. The molecule has 0 aromatic carbocycles. The first-order valence-corrected chi connectivity index (χ1v) is 3.49. The van der Waals surface area contributed by atoms with Crippen molar-refractivity contribution in [1.82, 2.24) is 9.78 Å². The van der Waals surface area contributed by atoms with Crippen molar-refractivity contribution in [3.8, 4) is 0 Å². The van der Waals surface area contributed by atoms with E-state index in [-0.39, 0.29) is 5.97 Å². The molecule has 0 atom stereocenters. The van der Waals surface area contributed by atoms with Crippen molar-refractivity contribution in [3.63, 3.8) is 0 Å². The maximum absolute atomic E-state index is 11.0. The van der Waals surface area contributed by atoms with Crippen LogP contribution in [-0.2, 0) is 11.3 Å². The molecule has 1 aromatic rings. The Balaban J connectivity index is 2.52. The lowest BCUT2D eigenvalue weighted by molar-refractivity contribution is 0.0411. The maximum Gasteiger partial charge on any atom is 0.356 e. The highest BCUT2D eigenvalue weighted by molar-refractivity contribution is 5.88. The second-order valence-corrected chi connectivity index (χ2v) is 2.53. The van der Waals surface area contributed by atoms with E-state index in [4.69, 9.17) is 4.74 Å². The molecule has 1 aliphatic rings. The molecule has 0 amide bonds. The molecular weight excluding hydrogens is 144 g/mol. The number of hydrogen-bond acceptors (Lipinski definition) is 3. The lowest BCUT2D eigenvalue weighted by Crippen LogP contribution is -2.23. The topological polar surface area (TPSA) is 44.1 Å². The van der Waals surface area contributed by atoms with Gasteiger partial charge in [0.1, 0.15) is 12.3 Å². The minimum Gasteiger partial charge on any atom is -0.459 e. The number of ether oxygens (including phenoxy) is 1. The van der Waals surface area contributed by atoms with Gasteiger partial charge in [0.05, 0.1) is 12.2 Å². The first kappa shape index (κ1) is 6.39. The van der Waals surface area contributed by atoms with Crippen LogP contribution >= 0.6 is 0 Å². The van der Waals surface area contributed by atoms with Crippen LogP contribution in [0.1, 0.15) is 16.2 Å². The largest absolute Gasteiger partial charge is 0.459 e. The van der Waals surface area contributed by atoms with Crippen molar-refractivity contribution in [3.05, 3.63) is 17.5 Å². The molecule has 0 unspecified atom stereocenters. The zero-order valence-corrected chi connectivity index (χ0v) is 6.20. The highest BCUT2D eigenvalue weighted by Crippen LogP contribution is 2.09. The summed E-state index contributed by atoms with van der Waals surface area (Å²) in [5.74, 6) is -0.267. The molecule has 2 heterocycles. The second kappa shape index (κ2) is 2.08. The molecule has 2 rings (SSSR count). The van der Waals surface area contributed by atoms with Crippen LogP contribution in [0, 0.1) is 6.92 Å². The van der Waals surface area contributed by atoms with Crippen LogP contribution in [0.5, 0.6) is 0 Å². The number of carbonyl (C=O) groups excluding carboxylic acids is 1. The first-order valence-electron chi connectivity index (χ1n) is 3.49. The van der Waals surface area contributed by atoms with Crippen molar-refractivity contribution in [1.29, 1.82) is 0 Å². The van der Waals surface area contributed by atoms with Gasteiger partial charge in [0.25, 0.3) is 0 Å². The van der Waals surface area contributed by atoms with E-state index in [2.05, 4.69) is 5.10 Å². The van der Waals surface area contributed by atoms with Crippen LogP contribution in [0.2, 0.25) is 0 Å². The summed E-state index contributed by atoms with van der Waals surface area (Å²) >= 11 is 0. The number of nitrogens with zero attached hydrogens (tertiary/aromatic N) is 2. The van der Waals surface area contributed by atoms with Crippen LogP contribution in [0.3, 0.4) is 0 Å². The SMILES string of the molecule is Cc1cc2n(n1)CCOC2=O. The molecule has 0 radical (unpaired) electrons. The van der Waals surface area contributed by atoms with Gasteiger partial charge in [-0.25, -0.2) is 4.79 Å². The second-order valence-electron chi connectivity index (χ2n) is 2.53. The molecule has 0 fully saturated rings. The molecular formula is C7H8N2O2. The fourth-order valence-electron chi connectivity index (χ4n) is 1.18. The fourth-order valence-corrected chi connectivity index (χ4v) is 1.18. The lowest BCUT2D eigenvalue weighted by atomic mass is 10.3. The van der Waals surface area contributed by atoms with Crippen molar-refractivity contribution < 1.29 is 9.53 Å². The molecule has 1 aromatic heterocycles. The highest BCUT2D eigenvalue weighted by atomic mass is 16.5. The average Bonchev–Trinajstić information content (AvgIpc) is 2.31. The Morgan fingerprint density at radius 3 is 3.27 bits per heavy atom. The van der Waals surface area contributed by atoms with Gasteiger partial charge >= 0.3 is 5.97 Å². The number of esters is 1. The summed E-state index contributed by atoms with van der Waals surface area (Å²) in [4.78, 5) is 11.0. The number of fused-ring (bicyclic) bond motifs is 1. The first-order chi connectivity index (χ1) is 5.27. The van der Waals surface area contributed by atoms with E-state index in [0.29, 0.717) is 18.8 Å². The monoisotopic (exact) mass is 152 g/mol. The van der Waals surface area contributed by atoms with Crippen LogP contribution < -0.4 is 0 Å². The summed E-state index contributed by atoms with van der Waals surface area (Å²) in [7, 11) is 0. The molecule has 4 heteroatoms. The van der Waals surface area contributed by atoms with Gasteiger partial charge in [-0.2, -0.15) is 5.10 Å². The fraction of sp³-hybridized carbons (Fsp3) is 0.429. The molecule has 0 N–H and O–H groups in total. The molecule has 0 spiro atoms. The Morgan fingerprint density at radius 2 is 2.55 bits per heavy atom. The van der Waals surface area contributed by atoms with Crippen LogP contribution in [0.15, 0.2) is 6.07 Å². The zero-order valence-electron chi connectivity index (χ0n) is 6.20. The van der Waals surface area contributed by atoms with E-state index in [0.717, 1.165) is 5.69 Å². The van der Waals surface area contributed by atoms with Gasteiger partial charge in [0.2, 0.25) is 0 Å². The number of aryl methyl sites for hydroxylation is 1. The summed E-state index contributed by atoms with van der Waals surface area (Å²) in [5, 5.41) is 4.12. The highest BCUT2D eigenvalue weighted by Gasteiger charge is 2.19. The van der Waals surface area contributed by atoms with E-state index in [1.54, 1.807) is 10.7 Å². The van der Waals surface area contributed by atoms with E-state index in [1.807, 2.05) is 6.92 Å². The minimum absolute atomic E-state index is 0.267. The Hall–Kier alpha value is -1.32. The average molecular weight is 152 g/mol. The van der Waals surface area contributed by atoms with Crippen molar-refractivity contribution >= 4 is 5.97 Å². The molecule has 0 saturated heterocycles. The summed E-state index contributed by atoms with van der Waals surface area (Å²) in [6, 6.07) is 1.74. The van der Waals surface area contributed by atoms with E-state index in [9.17, 15) is 4.79 Å². The summed E-state index contributed by atoms with van der Waals surface area (Å²) < 4.78 is 6.50. The summed E-state index contributed by atoms with van der Waals surface area (Å²) in [6.45, 7) is 2.97. The number of carbonyl (C=O) groups is 1. The van der Waals surface area contributed by atoms with Crippen molar-refractivity contribution in [2.45, 2.75) is 13.5 Å². The number of cyclic esters (lactones) is 1. The Labute approximate surface area is 63.8 Å². The van der Waals surface area contributed by atoms with Gasteiger partial charge in [-0.3, -0.25) is 4.68 Å². The third kappa shape index (κ3) is 0.906. The molecule has 58 valence electrons. The van der Waals surface area contributed by atoms with Crippen LogP contribution in [-0.4, -0.2) is 22.4 Å². The molecule has 0 aliphatic carbocycles. The smallest absolute Gasteiger partial charge is 0.356 e. The minimum atomic E-state index is -0.267. The normalized spacial score (nSPS) is 15.9. The van der Waals surface area contributed by atoms with E-state index in [1.165, 1.54) is 0 Å². The van der Waals surface area contributed by atoms with Gasteiger partial charge in [-0.15, -0.1) is 0 Å². The third-order valence-electron chi connectivity index (χ3n) is 1.65. The van der Waals surface area contributed by atoms with Gasteiger partial charge in [-0.05, 0) is 13.0 Å². The molecule has 0 saturated carbocycles. The molecule has 0 bridgehead atoms. The van der Waals surface area contributed by atoms with Gasteiger partial charge in [0.15, 0.2) is 0 Å². The third-order valence-corrected chi connectivity index (χ3v) is 1.65. The van der Waals surface area contributed by atoms with Gasteiger partial charge < -0.3 is 4.74 Å². The van der Waals surface area contributed by atoms with Crippen LogP contribution in [0.4, 0.5) is 0 Å². The van der Waals surface area contributed by atoms with Crippen molar-refractivity contribution in [2.75, 3.05) is 6.61 Å². The molecule has 1 aliphatic heterocycles. The summed E-state index contributed by atoms with van der Waals surface area (Å²) in [5.41, 5.74) is 1.42. The number of rotatable bonds is 0. The number of aromatic nitrogens is 2. The zero-order chi connectivity index (χ0) is 7.84. The Morgan fingerprint density at radius 1 is 1.73 bits per heavy atom. The van der Waals surface area contributed by atoms with Crippen molar-refractivity contribution in [2.24, 2.45) is 0 Å². The predicted molar refractivity (Wildman–Crippen MR) is 37.2 cm³/mol. The van der Waals surface area contributed by atoms with E-state index >= 15 is 0 Å². The standard InChI is InChI=1S/C7H8N2O2/c1-5-4-6-7(10)11-3-2-9(6)8-5/h4H,2-3H2,1H3. The Kier molecular flexibility index (Phi) is 1.21. The molecule has 11 heavy (non-hydrogen) atoms. The van der Waals surface area contributed by atoms with Gasteiger partial charge in [-0.1, -0.05) is 0 Å².